The maximum atomic E-state index is 14.0. The summed E-state index contributed by atoms with van der Waals surface area (Å²) < 4.78 is 28.0. The quantitative estimate of drug-likeness (QED) is 0.174. The third-order valence-corrected chi connectivity index (χ3v) is 5.91. The predicted octanol–water partition coefficient (Wildman–Crippen LogP) is 4.51. The summed E-state index contributed by atoms with van der Waals surface area (Å²) in [7, 11) is 0. The monoisotopic (exact) mass is 472 g/mol. The van der Waals surface area contributed by atoms with E-state index in [4.69, 9.17) is 10.2 Å². The van der Waals surface area contributed by atoms with Gasteiger partial charge in [-0.15, -0.1) is 0 Å². The van der Waals surface area contributed by atoms with Gasteiger partial charge in [0.15, 0.2) is 11.7 Å². The van der Waals surface area contributed by atoms with Gasteiger partial charge in [0.05, 0.1) is 0 Å². The van der Waals surface area contributed by atoms with Crippen molar-refractivity contribution in [3.05, 3.63) is 23.8 Å². The summed E-state index contributed by atoms with van der Waals surface area (Å²) in [4.78, 5) is 24.0. The van der Waals surface area contributed by atoms with E-state index < -0.39 is 23.5 Å². The largest absolute Gasteiger partial charge is 0.396 e. The molecule has 6 nitrogen and oxygen atoms in total. The van der Waals surface area contributed by atoms with Crippen molar-refractivity contribution in [2.75, 3.05) is 13.2 Å². The van der Waals surface area contributed by atoms with Crippen molar-refractivity contribution in [2.24, 2.45) is 0 Å². The summed E-state index contributed by atoms with van der Waals surface area (Å²) in [6.45, 7) is 0.388. The van der Waals surface area contributed by atoms with Crippen LogP contribution in [0.1, 0.15) is 96.3 Å². The zero-order chi connectivity index (χ0) is 24.3. The topological polar surface area (TPSA) is 98.7 Å². The van der Waals surface area contributed by atoms with Crippen LogP contribution < -0.4 is 10.6 Å². The van der Waals surface area contributed by atoms with E-state index in [2.05, 4.69) is 10.6 Å². The zero-order valence-electron chi connectivity index (χ0n) is 19.8. The van der Waals surface area contributed by atoms with E-state index in [9.17, 15) is 18.4 Å². The number of aliphatic hydroxyl groups is 2. The fraction of sp³-hybridized carbons (Fsp3) is 0.760. The molecule has 0 aliphatic heterocycles. The molecule has 0 radical (unpaired) electrons. The first kappa shape index (κ1) is 29.2. The van der Waals surface area contributed by atoms with E-state index in [1.54, 1.807) is 0 Å². The number of hydrogen-bond donors (Lipinski definition) is 4. The smallest absolute Gasteiger partial charge is 0.279 e. The second kappa shape index (κ2) is 18.6. The Hall–Kier alpha value is -1.80. The van der Waals surface area contributed by atoms with Crippen LogP contribution in [0.3, 0.4) is 0 Å². The second-order valence-electron chi connectivity index (χ2n) is 8.82. The normalized spacial score (nSPS) is 19.0. The summed E-state index contributed by atoms with van der Waals surface area (Å²) in [6.07, 6.45) is 14.2. The molecule has 2 amide bonds. The molecule has 1 fully saturated rings. The highest BCUT2D eigenvalue weighted by Gasteiger charge is 2.28. The van der Waals surface area contributed by atoms with Crippen molar-refractivity contribution in [3.63, 3.8) is 0 Å². The van der Waals surface area contributed by atoms with Crippen LogP contribution in [0.2, 0.25) is 0 Å². The number of hydrogen-bond acceptors (Lipinski definition) is 4. The maximum Gasteiger partial charge on any atom is 0.279 e. The van der Waals surface area contributed by atoms with E-state index in [-0.39, 0.29) is 25.3 Å². The van der Waals surface area contributed by atoms with Gasteiger partial charge in [-0.05, 0) is 69.9 Å². The third-order valence-electron chi connectivity index (χ3n) is 5.91. The highest BCUT2D eigenvalue weighted by molar-refractivity contribution is 5.92. The van der Waals surface area contributed by atoms with Crippen molar-refractivity contribution in [1.82, 2.24) is 10.6 Å². The molecule has 1 rings (SSSR count). The first-order chi connectivity index (χ1) is 16.0. The number of unbranched alkanes of at least 4 members (excludes halogenated alkanes) is 10. The number of halogens is 2. The Morgan fingerprint density at radius 3 is 1.42 bits per heavy atom. The molecule has 190 valence electrons. The predicted molar refractivity (Wildman–Crippen MR) is 126 cm³/mol. The molecular weight excluding hydrogens is 430 g/mol. The van der Waals surface area contributed by atoms with Crippen LogP contribution in [0.25, 0.3) is 0 Å². The minimum Gasteiger partial charge on any atom is -0.396 e. The second-order valence-corrected chi connectivity index (χ2v) is 8.82. The van der Waals surface area contributed by atoms with Gasteiger partial charge in [0.25, 0.3) is 11.8 Å². The Morgan fingerprint density at radius 1 is 0.667 bits per heavy atom. The molecule has 2 atom stereocenters. The molecule has 33 heavy (non-hydrogen) atoms. The van der Waals surface area contributed by atoms with E-state index in [1.807, 2.05) is 0 Å². The van der Waals surface area contributed by atoms with E-state index in [0.717, 1.165) is 64.2 Å². The molecule has 8 heteroatoms. The van der Waals surface area contributed by atoms with Gasteiger partial charge in [-0.2, -0.15) is 0 Å². The average molecular weight is 473 g/mol. The van der Waals surface area contributed by atoms with Crippen LogP contribution in [0, 0.1) is 0 Å². The highest BCUT2D eigenvalue weighted by Crippen LogP contribution is 2.20. The van der Waals surface area contributed by atoms with Crippen LogP contribution in [0.5, 0.6) is 0 Å². The van der Waals surface area contributed by atoms with E-state index >= 15 is 0 Å². The summed E-state index contributed by atoms with van der Waals surface area (Å²) in [5, 5.41) is 22.8. The lowest BCUT2D eigenvalue weighted by atomic mass is 10.1. The fourth-order valence-corrected chi connectivity index (χ4v) is 3.97. The fourth-order valence-electron chi connectivity index (χ4n) is 3.97. The lowest BCUT2D eigenvalue weighted by Gasteiger charge is -2.14. The summed E-state index contributed by atoms with van der Waals surface area (Å²) in [5.74, 6) is -3.05. The lowest BCUT2D eigenvalue weighted by Crippen LogP contribution is -2.37. The Bertz CT molecular complexity index is 574. The van der Waals surface area contributed by atoms with Crippen molar-refractivity contribution < 1.29 is 28.6 Å². The SMILES string of the molecule is O=C(N[C@@H]1CC[C@H](NC(=O)/C(F)=C\CCCCCCCO)C1)/C(F)=C/CCCCCCCO. The van der Waals surface area contributed by atoms with Crippen molar-refractivity contribution in [3.8, 4) is 0 Å². The van der Waals surface area contributed by atoms with Crippen LogP contribution in [-0.4, -0.2) is 47.3 Å². The molecule has 0 aromatic carbocycles. The van der Waals surface area contributed by atoms with Gasteiger partial charge >= 0.3 is 0 Å². The first-order valence-electron chi connectivity index (χ1n) is 12.5. The number of amides is 2. The van der Waals surface area contributed by atoms with Crippen LogP contribution in [0.4, 0.5) is 8.78 Å². The first-order valence-corrected chi connectivity index (χ1v) is 12.5. The maximum absolute atomic E-state index is 14.0. The minimum absolute atomic E-state index is 0.194. The van der Waals surface area contributed by atoms with Gasteiger partial charge in [-0.25, -0.2) is 8.78 Å². The van der Waals surface area contributed by atoms with Gasteiger partial charge in [0, 0.05) is 25.3 Å². The number of aliphatic hydroxyl groups excluding tert-OH is 2. The van der Waals surface area contributed by atoms with Crippen LogP contribution in [-0.2, 0) is 9.59 Å². The van der Waals surface area contributed by atoms with E-state index in [1.165, 1.54) is 12.2 Å². The minimum atomic E-state index is -0.789. The zero-order valence-corrected chi connectivity index (χ0v) is 19.8. The van der Waals surface area contributed by atoms with Crippen LogP contribution >= 0.6 is 0 Å². The molecule has 0 aromatic rings. The molecule has 0 aromatic heterocycles. The summed E-state index contributed by atoms with van der Waals surface area (Å²) >= 11 is 0. The highest BCUT2D eigenvalue weighted by atomic mass is 19.1. The molecule has 0 unspecified atom stereocenters. The average Bonchev–Trinajstić information content (AvgIpc) is 3.23. The summed E-state index contributed by atoms with van der Waals surface area (Å²) in [6, 6.07) is -0.488. The van der Waals surface area contributed by atoms with Crippen LogP contribution in [0.15, 0.2) is 23.8 Å². The van der Waals surface area contributed by atoms with E-state index in [0.29, 0.717) is 32.1 Å². The van der Waals surface area contributed by atoms with Gasteiger partial charge < -0.3 is 20.8 Å². The number of nitrogens with one attached hydrogen (secondary N) is 2. The molecular formula is C25H42F2N2O4. The molecule has 4 N–H and O–H groups in total. The van der Waals surface area contributed by atoms with Gasteiger partial charge in [0.1, 0.15) is 0 Å². The third kappa shape index (κ3) is 14.1. The Morgan fingerprint density at radius 2 is 1.03 bits per heavy atom. The van der Waals surface area contributed by atoms with Crippen molar-refractivity contribution >= 4 is 11.8 Å². The molecule has 0 saturated heterocycles. The molecule has 0 bridgehead atoms. The number of carbonyl (C=O) groups excluding carboxylic acids is 2. The van der Waals surface area contributed by atoms with Gasteiger partial charge in [-0.3, -0.25) is 9.59 Å². The summed E-state index contributed by atoms with van der Waals surface area (Å²) in [5.41, 5.74) is 0. The number of carbonyl (C=O) groups is 2. The molecule has 0 spiro atoms. The van der Waals surface area contributed by atoms with Crippen molar-refractivity contribution in [2.45, 2.75) is 108 Å². The molecule has 1 aliphatic carbocycles. The molecule has 1 aliphatic rings. The Balaban J connectivity index is 2.23. The molecule has 0 heterocycles. The van der Waals surface area contributed by atoms with Crippen molar-refractivity contribution in [1.29, 1.82) is 0 Å². The number of allylic oxidation sites excluding steroid dienone is 2. The lowest BCUT2D eigenvalue weighted by molar-refractivity contribution is -0.119. The van der Waals surface area contributed by atoms with Gasteiger partial charge in [-0.1, -0.05) is 38.5 Å². The standard InChI is InChI=1S/C25H42F2N2O4/c26-22(13-9-5-1-3-7-11-17-30)24(32)28-20-15-16-21(19-20)29-25(33)23(27)14-10-6-2-4-8-12-18-31/h13-14,20-21,30-31H,1-12,15-19H2,(H,28,32)(H,29,33)/b22-13-,23-14+/t20-,21+/m1/s1. The number of rotatable bonds is 18. The Labute approximate surface area is 196 Å². The molecule has 1 saturated carbocycles. The van der Waals surface area contributed by atoms with Gasteiger partial charge in [0.2, 0.25) is 0 Å². The Kier molecular flexibility index (Phi) is 16.5.